The summed E-state index contributed by atoms with van der Waals surface area (Å²) in [7, 11) is 0. The van der Waals surface area contributed by atoms with Crippen LogP contribution < -0.4 is 5.32 Å². The number of amides is 3. The van der Waals surface area contributed by atoms with E-state index in [4.69, 9.17) is 11.6 Å². The van der Waals surface area contributed by atoms with Crippen molar-refractivity contribution in [2.75, 3.05) is 19.6 Å². The van der Waals surface area contributed by atoms with Crippen molar-refractivity contribution in [3.8, 4) is 0 Å². The van der Waals surface area contributed by atoms with Crippen LogP contribution in [0.3, 0.4) is 0 Å². The lowest BCUT2D eigenvalue weighted by Gasteiger charge is -2.38. The minimum atomic E-state index is -0.201. The SMILES string of the molecule is CC(C)CN(CC(=O)N1CCn2cccc2[C@H]1c1ccc(Cl)cc1)C(=O)NC(C)C. The largest absolute Gasteiger partial charge is 0.348 e. The first-order valence-corrected chi connectivity index (χ1v) is 10.9. The van der Waals surface area contributed by atoms with Gasteiger partial charge in [0.15, 0.2) is 0 Å². The number of rotatable bonds is 6. The molecular formula is C23H31ClN4O2. The fraction of sp³-hybridized carbons (Fsp3) is 0.478. The van der Waals surface area contributed by atoms with Gasteiger partial charge < -0.3 is 19.7 Å². The molecule has 0 saturated heterocycles. The number of carbonyl (C=O) groups excluding carboxylic acids is 2. The number of fused-ring (bicyclic) bond motifs is 1. The van der Waals surface area contributed by atoms with Gasteiger partial charge >= 0.3 is 6.03 Å². The van der Waals surface area contributed by atoms with E-state index in [1.165, 1.54) is 0 Å². The molecule has 0 aliphatic carbocycles. The van der Waals surface area contributed by atoms with E-state index >= 15 is 0 Å². The number of halogens is 1. The quantitative estimate of drug-likeness (QED) is 0.748. The van der Waals surface area contributed by atoms with E-state index in [0.29, 0.717) is 18.1 Å². The van der Waals surface area contributed by atoms with Crippen molar-refractivity contribution < 1.29 is 9.59 Å². The number of hydrogen-bond acceptors (Lipinski definition) is 2. The molecule has 6 nitrogen and oxygen atoms in total. The Morgan fingerprint density at radius 1 is 1.13 bits per heavy atom. The van der Waals surface area contributed by atoms with Crippen molar-refractivity contribution in [2.24, 2.45) is 5.92 Å². The molecule has 0 bridgehead atoms. The lowest BCUT2D eigenvalue weighted by Crippen LogP contribution is -2.51. The highest BCUT2D eigenvalue weighted by molar-refractivity contribution is 6.30. The van der Waals surface area contributed by atoms with Gasteiger partial charge in [0.25, 0.3) is 0 Å². The van der Waals surface area contributed by atoms with Gasteiger partial charge in [-0.05, 0) is 49.6 Å². The van der Waals surface area contributed by atoms with Crippen LogP contribution in [0.25, 0.3) is 0 Å². The normalized spacial score (nSPS) is 16.0. The molecule has 2 aromatic rings. The maximum atomic E-state index is 13.4. The third-order valence-corrected chi connectivity index (χ3v) is 5.41. The van der Waals surface area contributed by atoms with E-state index in [9.17, 15) is 9.59 Å². The minimum absolute atomic E-state index is 0.0161. The zero-order valence-electron chi connectivity index (χ0n) is 18.1. The summed E-state index contributed by atoms with van der Waals surface area (Å²) in [6.07, 6.45) is 2.04. The molecule has 1 aliphatic heterocycles. The first-order chi connectivity index (χ1) is 14.3. The summed E-state index contributed by atoms with van der Waals surface area (Å²) in [6, 6.07) is 11.3. The summed E-state index contributed by atoms with van der Waals surface area (Å²) >= 11 is 6.09. The monoisotopic (exact) mass is 430 g/mol. The molecule has 0 fully saturated rings. The van der Waals surface area contributed by atoms with E-state index < -0.39 is 0 Å². The summed E-state index contributed by atoms with van der Waals surface area (Å²) in [5.41, 5.74) is 2.08. The van der Waals surface area contributed by atoms with Crippen molar-refractivity contribution in [1.29, 1.82) is 0 Å². The molecule has 30 heavy (non-hydrogen) atoms. The summed E-state index contributed by atoms with van der Waals surface area (Å²) in [4.78, 5) is 29.6. The predicted molar refractivity (Wildman–Crippen MR) is 120 cm³/mol. The molecule has 1 aromatic carbocycles. The van der Waals surface area contributed by atoms with Crippen LogP contribution in [0.4, 0.5) is 4.79 Å². The van der Waals surface area contributed by atoms with E-state index in [1.807, 2.05) is 69.1 Å². The lowest BCUT2D eigenvalue weighted by molar-refractivity contribution is -0.134. The fourth-order valence-corrected chi connectivity index (χ4v) is 4.03. The standard InChI is InChI=1S/C23H31ClN4O2/c1-16(2)14-27(23(30)25-17(3)4)15-21(29)28-13-12-26-11-5-6-20(26)22(28)18-7-9-19(24)10-8-18/h5-11,16-17,22H,12-15H2,1-4H3,(H,25,30)/t22-/m1/s1. The molecule has 162 valence electrons. The van der Waals surface area contributed by atoms with E-state index in [2.05, 4.69) is 16.0 Å². The van der Waals surface area contributed by atoms with Crippen LogP contribution in [-0.4, -0.2) is 52.0 Å². The summed E-state index contributed by atoms with van der Waals surface area (Å²) in [5, 5.41) is 3.58. The molecule has 3 rings (SSSR count). The number of urea groups is 1. The van der Waals surface area contributed by atoms with Gasteiger partial charge in [-0.2, -0.15) is 0 Å². The van der Waals surface area contributed by atoms with Crippen LogP contribution in [-0.2, 0) is 11.3 Å². The summed E-state index contributed by atoms with van der Waals surface area (Å²) in [6.45, 7) is 9.84. The molecule has 1 atom stereocenters. The van der Waals surface area contributed by atoms with Crippen LogP contribution in [0, 0.1) is 5.92 Å². The molecule has 3 amide bonds. The second-order valence-corrected chi connectivity index (χ2v) is 8.98. The lowest BCUT2D eigenvalue weighted by atomic mass is 9.99. The number of nitrogens with zero attached hydrogens (tertiary/aromatic N) is 3. The number of benzene rings is 1. The number of aromatic nitrogens is 1. The molecule has 0 unspecified atom stereocenters. The second-order valence-electron chi connectivity index (χ2n) is 8.55. The van der Waals surface area contributed by atoms with Gasteiger partial charge in [-0.25, -0.2) is 4.79 Å². The number of hydrogen-bond donors (Lipinski definition) is 1. The molecular weight excluding hydrogens is 400 g/mol. The van der Waals surface area contributed by atoms with Gasteiger partial charge in [-0.1, -0.05) is 37.6 Å². The van der Waals surface area contributed by atoms with Gasteiger partial charge in [0.2, 0.25) is 5.91 Å². The molecule has 1 aliphatic rings. The first kappa shape index (κ1) is 22.2. The predicted octanol–water partition coefficient (Wildman–Crippen LogP) is 4.15. The fourth-order valence-electron chi connectivity index (χ4n) is 3.90. The van der Waals surface area contributed by atoms with Crippen LogP contribution in [0.1, 0.15) is 45.0 Å². The van der Waals surface area contributed by atoms with Gasteiger partial charge in [0, 0.05) is 42.6 Å². The van der Waals surface area contributed by atoms with Crippen molar-refractivity contribution in [2.45, 2.75) is 46.3 Å². The van der Waals surface area contributed by atoms with Crippen molar-refractivity contribution in [3.63, 3.8) is 0 Å². The number of nitrogens with one attached hydrogen (secondary N) is 1. The Labute approximate surface area is 183 Å². The molecule has 0 radical (unpaired) electrons. The second kappa shape index (κ2) is 9.56. The average molecular weight is 431 g/mol. The third-order valence-electron chi connectivity index (χ3n) is 5.16. The van der Waals surface area contributed by atoms with Crippen LogP contribution >= 0.6 is 11.6 Å². The minimum Gasteiger partial charge on any atom is -0.348 e. The van der Waals surface area contributed by atoms with Crippen molar-refractivity contribution in [3.05, 3.63) is 58.9 Å². The maximum absolute atomic E-state index is 13.4. The summed E-state index contributed by atoms with van der Waals surface area (Å²) < 4.78 is 2.18. The Bertz CT molecular complexity index is 876. The van der Waals surface area contributed by atoms with Crippen LogP contribution in [0.2, 0.25) is 5.02 Å². The first-order valence-electron chi connectivity index (χ1n) is 10.5. The topological polar surface area (TPSA) is 57.6 Å². The Morgan fingerprint density at radius 3 is 2.47 bits per heavy atom. The highest BCUT2D eigenvalue weighted by Gasteiger charge is 2.33. The Morgan fingerprint density at radius 2 is 1.83 bits per heavy atom. The van der Waals surface area contributed by atoms with Crippen molar-refractivity contribution >= 4 is 23.5 Å². The maximum Gasteiger partial charge on any atom is 0.318 e. The zero-order chi connectivity index (χ0) is 21.8. The Kier molecular flexibility index (Phi) is 7.08. The van der Waals surface area contributed by atoms with Gasteiger partial charge in [0.05, 0.1) is 6.04 Å². The average Bonchev–Trinajstić information content (AvgIpc) is 3.15. The van der Waals surface area contributed by atoms with Gasteiger partial charge in [-0.3, -0.25) is 4.79 Å². The van der Waals surface area contributed by atoms with Crippen LogP contribution in [0.5, 0.6) is 0 Å². The molecule has 1 aromatic heterocycles. The van der Waals surface area contributed by atoms with Crippen LogP contribution in [0.15, 0.2) is 42.6 Å². The Hall–Kier alpha value is -2.47. The molecule has 0 spiro atoms. The molecule has 2 heterocycles. The van der Waals surface area contributed by atoms with E-state index in [-0.39, 0.29) is 36.5 Å². The number of carbonyl (C=O) groups is 2. The van der Waals surface area contributed by atoms with Gasteiger partial charge in [0.1, 0.15) is 6.54 Å². The zero-order valence-corrected chi connectivity index (χ0v) is 18.9. The highest BCUT2D eigenvalue weighted by Crippen LogP contribution is 2.33. The highest BCUT2D eigenvalue weighted by atomic mass is 35.5. The summed E-state index contributed by atoms with van der Waals surface area (Å²) in [5.74, 6) is 0.211. The van der Waals surface area contributed by atoms with Gasteiger partial charge in [-0.15, -0.1) is 0 Å². The van der Waals surface area contributed by atoms with E-state index in [0.717, 1.165) is 17.8 Å². The molecule has 7 heteroatoms. The molecule has 1 N–H and O–H groups in total. The third kappa shape index (κ3) is 5.17. The van der Waals surface area contributed by atoms with Crippen molar-refractivity contribution in [1.82, 2.24) is 19.7 Å². The van der Waals surface area contributed by atoms with E-state index in [1.54, 1.807) is 4.90 Å². The Balaban J connectivity index is 1.86. The smallest absolute Gasteiger partial charge is 0.318 e. The molecule has 0 saturated carbocycles.